The second kappa shape index (κ2) is 6.72. The molecule has 3 rings (SSSR count). The van der Waals surface area contributed by atoms with Gasteiger partial charge in [-0.25, -0.2) is 0 Å². The Bertz CT molecular complexity index is 339. The van der Waals surface area contributed by atoms with Crippen LogP contribution in [0.15, 0.2) is 4.99 Å². The topological polar surface area (TPSA) is 24.4 Å². The number of thioether (sulfide) groups is 1. The van der Waals surface area contributed by atoms with Crippen LogP contribution in [0.25, 0.3) is 0 Å². The number of hydrogen-bond donors (Lipinski definition) is 1. The van der Waals surface area contributed by atoms with E-state index in [1.54, 1.807) is 0 Å². The molecule has 2 aliphatic carbocycles. The Hall–Kier alpha value is -0.180. The van der Waals surface area contributed by atoms with E-state index >= 15 is 0 Å². The summed E-state index contributed by atoms with van der Waals surface area (Å²) in [6, 6.07) is 0.701. The Morgan fingerprint density at radius 2 is 1.95 bits per heavy atom. The van der Waals surface area contributed by atoms with Gasteiger partial charge in [0, 0.05) is 18.3 Å². The summed E-state index contributed by atoms with van der Waals surface area (Å²) < 4.78 is 0. The molecule has 0 amide bonds. The van der Waals surface area contributed by atoms with E-state index in [-0.39, 0.29) is 0 Å². The minimum absolute atomic E-state index is 0.578. The zero-order valence-electron chi connectivity index (χ0n) is 13.0. The van der Waals surface area contributed by atoms with Crippen molar-refractivity contribution >= 4 is 16.9 Å². The molecular formula is C17H30N2S. The lowest BCUT2D eigenvalue weighted by Gasteiger charge is -2.34. The van der Waals surface area contributed by atoms with Crippen molar-refractivity contribution < 1.29 is 0 Å². The first-order valence-corrected chi connectivity index (χ1v) is 9.72. The molecule has 0 unspecified atom stereocenters. The summed E-state index contributed by atoms with van der Waals surface area (Å²) in [6.45, 7) is 3.41. The molecule has 1 aliphatic heterocycles. The summed E-state index contributed by atoms with van der Waals surface area (Å²) in [5.74, 6) is 2.31. The third kappa shape index (κ3) is 3.52. The first kappa shape index (κ1) is 14.7. The van der Waals surface area contributed by atoms with Gasteiger partial charge in [0.25, 0.3) is 0 Å². The van der Waals surface area contributed by atoms with Crippen LogP contribution in [0, 0.1) is 11.3 Å². The molecule has 3 heteroatoms. The predicted octanol–water partition coefficient (Wildman–Crippen LogP) is 4.60. The first-order valence-electron chi connectivity index (χ1n) is 8.73. The Morgan fingerprint density at radius 3 is 2.55 bits per heavy atom. The van der Waals surface area contributed by atoms with Gasteiger partial charge in [-0.3, -0.25) is 4.99 Å². The third-order valence-corrected chi connectivity index (χ3v) is 6.89. The van der Waals surface area contributed by atoms with Crippen molar-refractivity contribution in [3.63, 3.8) is 0 Å². The lowest BCUT2D eigenvalue weighted by atomic mass is 9.83. The van der Waals surface area contributed by atoms with Gasteiger partial charge in [0.1, 0.15) is 0 Å². The van der Waals surface area contributed by atoms with Gasteiger partial charge in [0.05, 0.1) is 0 Å². The van der Waals surface area contributed by atoms with E-state index in [0.29, 0.717) is 11.5 Å². The van der Waals surface area contributed by atoms with Gasteiger partial charge in [-0.1, -0.05) is 44.4 Å². The van der Waals surface area contributed by atoms with Crippen molar-refractivity contribution in [3.8, 4) is 0 Å². The lowest BCUT2D eigenvalue weighted by Crippen LogP contribution is -2.40. The molecule has 0 aromatic rings. The molecule has 2 fully saturated rings. The summed E-state index contributed by atoms with van der Waals surface area (Å²) in [6.07, 6.45) is 14.0. The number of nitrogens with zero attached hydrogens (tertiary/aromatic N) is 1. The van der Waals surface area contributed by atoms with Gasteiger partial charge in [0.2, 0.25) is 0 Å². The molecule has 0 aromatic heterocycles. The predicted molar refractivity (Wildman–Crippen MR) is 89.5 cm³/mol. The molecular weight excluding hydrogens is 264 g/mol. The molecule has 2 nitrogen and oxygen atoms in total. The fraction of sp³-hybridized carbons (Fsp3) is 0.941. The van der Waals surface area contributed by atoms with E-state index in [9.17, 15) is 0 Å². The van der Waals surface area contributed by atoms with Crippen LogP contribution in [0.2, 0.25) is 0 Å². The van der Waals surface area contributed by atoms with Crippen molar-refractivity contribution in [3.05, 3.63) is 0 Å². The van der Waals surface area contributed by atoms with Gasteiger partial charge in [-0.05, 0) is 49.9 Å². The van der Waals surface area contributed by atoms with Crippen LogP contribution in [0.4, 0.5) is 0 Å². The number of rotatable bonds is 3. The minimum Gasteiger partial charge on any atom is -0.362 e. The van der Waals surface area contributed by atoms with Crippen LogP contribution in [0.3, 0.4) is 0 Å². The van der Waals surface area contributed by atoms with Crippen LogP contribution < -0.4 is 5.32 Å². The maximum atomic E-state index is 4.88. The van der Waals surface area contributed by atoms with E-state index in [0.717, 1.165) is 12.5 Å². The molecule has 1 spiro atoms. The van der Waals surface area contributed by atoms with Gasteiger partial charge < -0.3 is 5.32 Å². The highest BCUT2D eigenvalue weighted by molar-refractivity contribution is 8.13. The molecule has 0 atom stereocenters. The van der Waals surface area contributed by atoms with Crippen LogP contribution >= 0.6 is 11.8 Å². The fourth-order valence-electron chi connectivity index (χ4n) is 4.25. The Kier molecular flexibility index (Phi) is 4.95. The highest BCUT2D eigenvalue weighted by Crippen LogP contribution is 2.43. The molecule has 3 aliphatic rings. The van der Waals surface area contributed by atoms with Crippen molar-refractivity contribution in [1.82, 2.24) is 5.32 Å². The SMILES string of the molecule is CCCC1CCC(NC2=NCC3(CCCC3)CS2)CC1. The monoisotopic (exact) mass is 294 g/mol. The maximum Gasteiger partial charge on any atom is 0.156 e. The van der Waals surface area contributed by atoms with Gasteiger partial charge in [-0.15, -0.1) is 0 Å². The van der Waals surface area contributed by atoms with E-state index in [1.165, 1.54) is 75.1 Å². The number of nitrogens with one attached hydrogen (secondary N) is 1. The van der Waals surface area contributed by atoms with Crippen LogP contribution in [0.1, 0.15) is 71.1 Å². The summed E-state index contributed by atoms with van der Waals surface area (Å²) in [5.41, 5.74) is 0.578. The lowest BCUT2D eigenvalue weighted by molar-refractivity contribution is 0.295. The van der Waals surface area contributed by atoms with Gasteiger partial charge in [-0.2, -0.15) is 0 Å². The molecule has 0 aromatic carbocycles. The molecule has 1 heterocycles. The van der Waals surface area contributed by atoms with Crippen LogP contribution in [0.5, 0.6) is 0 Å². The normalized spacial score (nSPS) is 33.1. The molecule has 114 valence electrons. The van der Waals surface area contributed by atoms with Crippen molar-refractivity contribution in [2.75, 3.05) is 12.3 Å². The highest BCUT2D eigenvalue weighted by atomic mass is 32.2. The van der Waals surface area contributed by atoms with E-state index in [2.05, 4.69) is 12.2 Å². The zero-order valence-corrected chi connectivity index (χ0v) is 13.8. The largest absolute Gasteiger partial charge is 0.362 e. The summed E-state index contributed by atoms with van der Waals surface area (Å²) in [4.78, 5) is 4.88. The average molecular weight is 295 g/mol. The van der Waals surface area contributed by atoms with Crippen LogP contribution in [-0.4, -0.2) is 23.5 Å². The molecule has 1 N–H and O–H groups in total. The zero-order chi connectivity index (χ0) is 13.8. The standard InChI is InChI=1S/C17H30N2S/c1-2-5-14-6-8-15(9-7-14)19-16-18-12-17(13-20-16)10-3-4-11-17/h14-15H,2-13H2,1H3,(H,18,19). The number of hydrogen-bond acceptors (Lipinski definition) is 3. The number of amidine groups is 1. The second-order valence-electron chi connectivity index (χ2n) is 7.27. The van der Waals surface area contributed by atoms with Gasteiger partial charge >= 0.3 is 0 Å². The van der Waals surface area contributed by atoms with E-state index in [4.69, 9.17) is 4.99 Å². The molecule has 0 saturated heterocycles. The smallest absolute Gasteiger partial charge is 0.156 e. The van der Waals surface area contributed by atoms with E-state index < -0.39 is 0 Å². The van der Waals surface area contributed by atoms with Crippen molar-refractivity contribution in [1.29, 1.82) is 0 Å². The number of aliphatic imine (C=N–C) groups is 1. The average Bonchev–Trinajstić information content (AvgIpc) is 2.93. The maximum absolute atomic E-state index is 4.88. The summed E-state index contributed by atoms with van der Waals surface area (Å²) >= 11 is 2.00. The fourth-order valence-corrected chi connectivity index (χ4v) is 5.47. The van der Waals surface area contributed by atoms with E-state index in [1.807, 2.05) is 11.8 Å². The quantitative estimate of drug-likeness (QED) is 0.822. The van der Waals surface area contributed by atoms with Crippen molar-refractivity contribution in [2.24, 2.45) is 16.3 Å². The molecule has 0 bridgehead atoms. The summed E-state index contributed by atoms with van der Waals surface area (Å²) in [7, 11) is 0. The highest BCUT2D eigenvalue weighted by Gasteiger charge is 2.36. The third-order valence-electron chi connectivity index (χ3n) is 5.61. The molecule has 0 radical (unpaired) electrons. The van der Waals surface area contributed by atoms with Crippen LogP contribution in [-0.2, 0) is 0 Å². The molecule has 2 saturated carbocycles. The Morgan fingerprint density at radius 1 is 1.20 bits per heavy atom. The Balaban J connectivity index is 1.44. The summed E-state index contributed by atoms with van der Waals surface area (Å²) in [5, 5.41) is 4.99. The Labute approximate surface area is 128 Å². The second-order valence-corrected chi connectivity index (χ2v) is 8.23. The molecule has 20 heavy (non-hydrogen) atoms. The van der Waals surface area contributed by atoms with Gasteiger partial charge in [0.15, 0.2) is 5.17 Å². The van der Waals surface area contributed by atoms with Crippen molar-refractivity contribution in [2.45, 2.75) is 77.2 Å². The first-order chi connectivity index (χ1) is 9.80. The minimum atomic E-state index is 0.578.